The third-order valence-corrected chi connectivity index (χ3v) is 6.96. The predicted molar refractivity (Wildman–Crippen MR) is 149 cm³/mol. The second-order valence-electron chi connectivity index (χ2n) is 9.28. The van der Waals surface area contributed by atoms with Crippen molar-refractivity contribution in [3.63, 3.8) is 0 Å². The summed E-state index contributed by atoms with van der Waals surface area (Å²) in [4.78, 5) is 23.5. The number of carbonyl (C=O) groups is 1. The molecule has 1 aromatic heterocycles. The molecule has 4 rings (SSSR count). The molecule has 0 aliphatic heterocycles. The summed E-state index contributed by atoms with van der Waals surface area (Å²) in [5.41, 5.74) is 8.72. The van der Waals surface area contributed by atoms with Crippen LogP contribution in [-0.2, 0) is 17.9 Å². The fourth-order valence-electron chi connectivity index (χ4n) is 4.82. The highest BCUT2D eigenvalue weighted by Crippen LogP contribution is 2.36. The highest BCUT2D eigenvalue weighted by atomic mass is 16.5. The van der Waals surface area contributed by atoms with Gasteiger partial charge in [0.25, 0.3) is 0 Å². The van der Waals surface area contributed by atoms with Crippen LogP contribution in [0.15, 0.2) is 42.7 Å². The maximum Gasteiger partial charge on any atom is 0.172 e. The summed E-state index contributed by atoms with van der Waals surface area (Å²) in [5, 5.41) is 1.39. The Labute approximate surface area is 228 Å². The van der Waals surface area contributed by atoms with Crippen molar-refractivity contribution in [3.05, 3.63) is 53.9 Å². The van der Waals surface area contributed by atoms with Crippen LogP contribution in [0.3, 0.4) is 0 Å². The number of hydrogen-bond acceptors (Lipinski definition) is 11. The summed E-state index contributed by atoms with van der Waals surface area (Å²) in [6, 6.07) is 10.8. The minimum atomic E-state index is -0.472. The van der Waals surface area contributed by atoms with E-state index in [-0.39, 0.29) is 11.5 Å². The van der Waals surface area contributed by atoms with E-state index in [1.165, 1.54) is 11.3 Å². The Hall–Kier alpha value is -4.25. The van der Waals surface area contributed by atoms with Crippen molar-refractivity contribution in [2.45, 2.75) is 44.8 Å². The number of benzene rings is 2. The van der Waals surface area contributed by atoms with Crippen molar-refractivity contribution < 1.29 is 23.7 Å². The molecule has 0 bridgehead atoms. The number of methoxy groups -OCH3 is 4. The Morgan fingerprint density at radius 3 is 1.92 bits per heavy atom. The minimum Gasteiger partial charge on any atom is -0.497 e. The number of nitrogens with two attached hydrogens (primary N) is 2. The lowest BCUT2D eigenvalue weighted by atomic mass is 9.93. The molecule has 11 heteroatoms. The molecule has 1 fully saturated rings. The monoisotopic (exact) mass is 536 g/mol. The summed E-state index contributed by atoms with van der Waals surface area (Å²) in [6.45, 7) is 0.770. The van der Waals surface area contributed by atoms with Crippen LogP contribution in [0.4, 0.5) is 17.3 Å². The van der Waals surface area contributed by atoms with Crippen molar-refractivity contribution in [2.75, 3.05) is 44.1 Å². The van der Waals surface area contributed by atoms with Crippen LogP contribution in [0.5, 0.6) is 23.0 Å². The maximum atomic E-state index is 12.6. The van der Waals surface area contributed by atoms with E-state index in [1.807, 2.05) is 41.3 Å². The molecule has 0 spiro atoms. The van der Waals surface area contributed by atoms with Crippen molar-refractivity contribution >= 4 is 23.1 Å². The van der Waals surface area contributed by atoms with E-state index in [2.05, 4.69) is 9.97 Å². The Balaban J connectivity index is 1.76. The Bertz CT molecular complexity index is 1250. The maximum absolute atomic E-state index is 12.6. The van der Waals surface area contributed by atoms with E-state index < -0.39 is 6.04 Å². The van der Waals surface area contributed by atoms with Gasteiger partial charge in [0.2, 0.25) is 0 Å². The van der Waals surface area contributed by atoms with Gasteiger partial charge in [-0.3, -0.25) is 9.80 Å². The molecule has 1 unspecified atom stereocenters. The first kappa shape index (κ1) is 27.8. The smallest absolute Gasteiger partial charge is 0.172 e. The predicted octanol–water partition coefficient (Wildman–Crippen LogP) is 3.49. The molecule has 0 radical (unpaired) electrons. The lowest BCUT2D eigenvalue weighted by Crippen LogP contribution is -2.48. The lowest BCUT2D eigenvalue weighted by molar-refractivity contribution is -0.121. The Morgan fingerprint density at radius 1 is 0.846 bits per heavy atom. The highest BCUT2D eigenvalue weighted by molar-refractivity contribution is 5.89. The van der Waals surface area contributed by atoms with Crippen LogP contribution in [0.25, 0.3) is 0 Å². The number of nitrogens with zero attached hydrogens (tertiary/aromatic N) is 4. The number of ketones is 1. The highest BCUT2D eigenvalue weighted by Gasteiger charge is 2.30. The van der Waals surface area contributed by atoms with Crippen LogP contribution in [0.1, 0.15) is 36.8 Å². The molecular weight excluding hydrogens is 500 g/mol. The van der Waals surface area contributed by atoms with Crippen molar-refractivity contribution in [1.82, 2.24) is 9.97 Å². The normalized spacial score (nSPS) is 15.0. The molecule has 1 aliphatic rings. The van der Waals surface area contributed by atoms with Gasteiger partial charge in [0, 0.05) is 42.8 Å². The largest absolute Gasteiger partial charge is 0.497 e. The third kappa shape index (κ3) is 6.09. The van der Waals surface area contributed by atoms with Gasteiger partial charge in [-0.25, -0.2) is 15.8 Å². The van der Waals surface area contributed by atoms with Crippen LogP contribution >= 0.6 is 0 Å². The van der Waals surface area contributed by atoms with Crippen molar-refractivity contribution in [2.24, 2.45) is 5.84 Å². The first-order valence-electron chi connectivity index (χ1n) is 12.7. The van der Waals surface area contributed by atoms with E-state index in [0.29, 0.717) is 60.6 Å². The number of ether oxygens (including phenoxy) is 4. The number of nitrogen functional groups attached to an aromatic ring is 1. The van der Waals surface area contributed by atoms with E-state index in [4.69, 9.17) is 30.5 Å². The fraction of sp³-hybridized carbons (Fsp3) is 0.393. The zero-order valence-corrected chi connectivity index (χ0v) is 22.8. The molecular formula is C28H36N6O5. The zero-order chi connectivity index (χ0) is 27.9. The summed E-state index contributed by atoms with van der Waals surface area (Å²) >= 11 is 0. The summed E-state index contributed by atoms with van der Waals surface area (Å²) in [6.07, 6.45) is 4.36. The standard InChI is InChI=1S/C28H36N6O5/c1-36-20-11-9-18(24(13-20)38-3)15-33(16-19-10-12-21(37-2)14-25(19)39-4)27-26(29)28(32-17-31-27)34(30)22-7-5-6-8-23(22)35/h9-14,17,22H,5-8,15-16,29-30H2,1-4H3. The van der Waals surface area contributed by atoms with Gasteiger partial charge in [-0.15, -0.1) is 0 Å². The second kappa shape index (κ2) is 12.5. The zero-order valence-electron chi connectivity index (χ0n) is 22.8. The molecule has 3 aromatic rings. The second-order valence-corrected chi connectivity index (χ2v) is 9.28. The number of anilines is 3. The molecule has 11 nitrogen and oxygen atoms in total. The third-order valence-electron chi connectivity index (χ3n) is 6.96. The summed E-state index contributed by atoms with van der Waals surface area (Å²) < 4.78 is 22.0. The molecule has 208 valence electrons. The van der Waals surface area contributed by atoms with Crippen LogP contribution < -0.4 is 40.4 Å². The average Bonchev–Trinajstić information content (AvgIpc) is 2.97. The molecule has 39 heavy (non-hydrogen) atoms. The molecule has 1 atom stereocenters. The Kier molecular flexibility index (Phi) is 8.92. The quantitative estimate of drug-likeness (QED) is 0.275. The molecule has 2 aromatic carbocycles. The van der Waals surface area contributed by atoms with E-state index in [0.717, 1.165) is 24.0 Å². The first-order chi connectivity index (χ1) is 18.9. The van der Waals surface area contributed by atoms with Crippen molar-refractivity contribution in [1.29, 1.82) is 0 Å². The first-order valence-corrected chi connectivity index (χ1v) is 12.7. The fourth-order valence-corrected chi connectivity index (χ4v) is 4.82. The van der Waals surface area contributed by atoms with E-state index in [1.54, 1.807) is 28.4 Å². The van der Waals surface area contributed by atoms with Gasteiger partial charge in [0.15, 0.2) is 17.4 Å². The molecule has 0 amide bonds. The summed E-state index contributed by atoms with van der Waals surface area (Å²) in [5.74, 6) is 9.98. The number of hydrogen-bond donors (Lipinski definition) is 2. The van der Waals surface area contributed by atoms with Crippen LogP contribution in [0, 0.1) is 0 Å². The molecule has 1 aliphatic carbocycles. The van der Waals surface area contributed by atoms with Gasteiger partial charge in [-0.2, -0.15) is 0 Å². The van der Waals surface area contributed by atoms with Crippen LogP contribution in [-0.4, -0.2) is 50.2 Å². The number of Topliss-reactive ketones (excluding diaryl/α,β-unsaturated/α-hetero) is 1. The number of hydrazine groups is 1. The summed E-state index contributed by atoms with van der Waals surface area (Å²) in [7, 11) is 6.43. The van der Waals surface area contributed by atoms with Gasteiger partial charge >= 0.3 is 0 Å². The van der Waals surface area contributed by atoms with Gasteiger partial charge in [-0.05, 0) is 37.1 Å². The van der Waals surface area contributed by atoms with Gasteiger partial charge in [0.1, 0.15) is 41.1 Å². The number of carbonyl (C=O) groups excluding carboxylic acids is 1. The molecule has 0 saturated heterocycles. The molecule has 4 N–H and O–H groups in total. The van der Waals surface area contributed by atoms with Crippen LogP contribution in [0.2, 0.25) is 0 Å². The topological polar surface area (TPSA) is 138 Å². The minimum absolute atomic E-state index is 0.0890. The number of rotatable bonds is 11. The van der Waals surface area contributed by atoms with Gasteiger partial charge in [-0.1, -0.05) is 6.42 Å². The Morgan fingerprint density at radius 2 is 1.41 bits per heavy atom. The molecule has 1 heterocycles. The van der Waals surface area contributed by atoms with E-state index in [9.17, 15) is 4.79 Å². The van der Waals surface area contributed by atoms with E-state index >= 15 is 0 Å². The lowest BCUT2D eigenvalue weighted by Gasteiger charge is -2.32. The van der Waals surface area contributed by atoms with Crippen molar-refractivity contribution in [3.8, 4) is 23.0 Å². The SMILES string of the molecule is COc1ccc(CN(Cc2ccc(OC)cc2OC)c2ncnc(N(N)C3CCCCC3=O)c2N)c(OC)c1. The molecule has 1 saturated carbocycles. The average molecular weight is 537 g/mol. The number of aromatic nitrogens is 2. The van der Waals surface area contributed by atoms with Gasteiger partial charge in [0.05, 0.1) is 28.4 Å². The van der Waals surface area contributed by atoms with Gasteiger partial charge < -0.3 is 29.6 Å².